The number of hydrogen-bond acceptors (Lipinski definition) is 2. The Balaban J connectivity index is 2.40. The summed E-state index contributed by atoms with van der Waals surface area (Å²) in [5.41, 5.74) is 9.73. The van der Waals surface area contributed by atoms with E-state index in [2.05, 4.69) is 110 Å². The molecule has 29 heavy (non-hydrogen) atoms. The molecule has 0 aliphatic rings. The Kier molecular flexibility index (Phi) is 7.84. The zero-order valence-electron chi connectivity index (χ0n) is 19.7. The quantitative estimate of drug-likeness (QED) is 0.471. The minimum Gasteiger partial charge on any atom is -0.359 e. The minimum atomic E-state index is 0.455. The van der Waals surface area contributed by atoms with Crippen molar-refractivity contribution in [3.05, 3.63) is 70.4 Å². The van der Waals surface area contributed by atoms with Gasteiger partial charge in [0.25, 0.3) is 0 Å². The molecule has 2 rings (SSSR count). The van der Waals surface area contributed by atoms with Gasteiger partial charge in [-0.3, -0.25) is 4.99 Å². The average Bonchev–Trinajstić information content (AvgIpc) is 2.62. The fourth-order valence-corrected chi connectivity index (χ4v) is 3.75. The third kappa shape index (κ3) is 5.82. The molecule has 0 fully saturated rings. The van der Waals surface area contributed by atoms with Crippen molar-refractivity contribution in [2.24, 2.45) is 4.99 Å². The summed E-state index contributed by atoms with van der Waals surface area (Å²) in [7, 11) is 0. The fraction of sp³-hybridized carbons (Fsp3) is 0.444. The van der Waals surface area contributed by atoms with Gasteiger partial charge in [-0.05, 0) is 66.9 Å². The third-order valence-corrected chi connectivity index (χ3v) is 5.30. The van der Waals surface area contributed by atoms with Crippen LogP contribution >= 0.6 is 0 Å². The Hall–Kier alpha value is -2.35. The molecule has 156 valence electrons. The van der Waals surface area contributed by atoms with Crippen LogP contribution in [0.1, 0.15) is 95.4 Å². The first kappa shape index (κ1) is 22.9. The first-order valence-electron chi connectivity index (χ1n) is 10.8. The lowest BCUT2D eigenvalue weighted by Crippen LogP contribution is -2.07. The Labute approximate surface area is 178 Å². The summed E-state index contributed by atoms with van der Waals surface area (Å²) in [5.74, 6) is 1.40. The number of nitrogens with zero attached hydrogens (tertiary/aromatic N) is 1. The maximum Gasteiger partial charge on any atom is 0.0696 e. The van der Waals surface area contributed by atoms with Crippen molar-refractivity contribution in [2.75, 3.05) is 5.32 Å². The van der Waals surface area contributed by atoms with E-state index in [4.69, 9.17) is 4.99 Å². The van der Waals surface area contributed by atoms with Crippen LogP contribution in [0.25, 0.3) is 0 Å². The molecule has 0 spiro atoms. The highest BCUT2D eigenvalue weighted by atomic mass is 14.9. The lowest BCUT2D eigenvalue weighted by atomic mass is 9.92. The number of anilines is 1. The van der Waals surface area contributed by atoms with E-state index in [-0.39, 0.29) is 0 Å². The van der Waals surface area contributed by atoms with Gasteiger partial charge in [-0.1, -0.05) is 77.9 Å². The highest BCUT2D eigenvalue weighted by Crippen LogP contribution is 2.33. The van der Waals surface area contributed by atoms with Crippen LogP contribution in [-0.2, 0) is 0 Å². The van der Waals surface area contributed by atoms with Gasteiger partial charge in [0.1, 0.15) is 0 Å². The second-order valence-corrected chi connectivity index (χ2v) is 8.99. The van der Waals surface area contributed by atoms with E-state index in [1.165, 1.54) is 27.9 Å². The molecule has 2 heteroatoms. The molecule has 0 saturated carbocycles. The summed E-state index contributed by atoms with van der Waals surface area (Å²) < 4.78 is 0. The van der Waals surface area contributed by atoms with E-state index < -0.39 is 0 Å². The average molecular weight is 391 g/mol. The monoisotopic (exact) mass is 390 g/mol. The van der Waals surface area contributed by atoms with Crippen molar-refractivity contribution in [2.45, 2.75) is 80.1 Å². The van der Waals surface area contributed by atoms with Crippen LogP contribution in [-0.4, -0.2) is 5.71 Å². The van der Waals surface area contributed by atoms with Gasteiger partial charge < -0.3 is 5.32 Å². The molecule has 2 aromatic rings. The largest absolute Gasteiger partial charge is 0.359 e. The zero-order valence-corrected chi connectivity index (χ0v) is 19.7. The van der Waals surface area contributed by atoms with Crippen molar-refractivity contribution >= 4 is 17.1 Å². The third-order valence-electron chi connectivity index (χ3n) is 5.30. The van der Waals surface area contributed by atoms with Crippen LogP contribution in [0.15, 0.2) is 53.2 Å². The summed E-state index contributed by atoms with van der Waals surface area (Å²) in [5, 5.41) is 3.69. The van der Waals surface area contributed by atoms with E-state index >= 15 is 0 Å². The molecule has 0 aliphatic carbocycles. The van der Waals surface area contributed by atoms with Crippen molar-refractivity contribution in [1.82, 2.24) is 0 Å². The van der Waals surface area contributed by atoms with Crippen LogP contribution < -0.4 is 5.32 Å². The van der Waals surface area contributed by atoms with E-state index in [9.17, 15) is 0 Å². The van der Waals surface area contributed by atoms with Crippen molar-refractivity contribution < 1.29 is 0 Å². The Morgan fingerprint density at radius 1 is 0.793 bits per heavy atom. The second-order valence-electron chi connectivity index (χ2n) is 8.99. The molecule has 0 bridgehead atoms. The number of hydrogen-bond donors (Lipinski definition) is 1. The van der Waals surface area contributed by atoms with E-state index in [1.807, 2.05) is 0 Å². The molecule has 0 heterocycles. The summed E-state index contributed by atoms with van der Waals surface area (Å²) in [6, 6.07) is 13.1. The number of rotatable bonds is 7. The number of para-hydroxylation sites is 2. The van der Waals surface area contributed by atoms with Gasteiger partial charge in [0.2, 0.25) is 0 Å². The van der Waals surface area contributed by atoms with Gasteiger partial charge in [0.15, 0.2) is 0 Å². The number of aryl methyl sites for hydroxylation is 1. The summed E-state index contributed by atoms with van der Waals surface area (Å²) in [6.45, 7) is 19.8. The predicted octanol–water partition coefficient (Wildman–Crippen LogP) is 8.47. The fourth-order valence-electron chi connectivity index (χ4n) is 3.75. The Morgan fingerprint density at radius 2 is 1.28 bits per heavy atom. The van der Waals surface area contributed by atoms with E-state index in [0.717, 1.165) is 17.1 Å². The van der Waals surface area contributed by atoms with Gasteiger partial charge in [-0.2, -0.15) is 0 Å². The van der Waals surface area contributed by atoms with Crippen molar-refractivity contribution in [3.8, 4) is 0 Å². The molecule has 0 amide bonds. The number of benzene rings is 2. The van der Waals surface area contributed by atoms with Crippen molar-refractivity contribution in [1.29, 1.82) is 0 Å². The number of allylic oxidation sites excluding steroid dienone is 2. The molecule has 0 saturated heterocycles. The normalized spacial score (nSPS) is 13.0. The molecule has 1 N–H and O–H groups in total. The summed E-state index contributed by atoms with van der Waals surface area (Å²) in [6.07, 6.45) is 2.15. The maximum absolute atomic E-state index is 4.98. The molecule has 2 aromatic carbocycles. The second kappa shape index (κ2) is 9.91. The standard InChI is InChI=1S/C27H38N2/c1-17(2)23-13-10-12-20(7)26(23)28-21(8)16-22(9)29-27-24(18(3)4)14-11-15-25(27)19(5)6/h10-19,29H,1-9H3/b22-16-,28-21?. The Morgan fingerprint density at radius 3 is 1.79 bits per heavy atom. The molecule has 0 aromatic heterocycles. The van der Waals surface area contributed by atoms with Gasteiger partial charge in [0, 0.05) is 17.1 Å². The topological polar surface area (TPSA) is 24.4 Å². The minimum absolute atomic E-state index is 0.455. The van der Waals surface area contributed by atoms with Gasteiger partial charge >= 0.3 is 0 Å². The van der Waals surface area contributed by atoms with Gasteiger partial charge in [0.05, 0.1) is 5.69 Å². The SMILES string of the molecule is CC(/C=C(/C)Nc1c(C(C)C)cccc1C(C)C)=Nc1c(C)cccc1C(C)C. The molecule has 2 nitrogen and oxygen atoms in total. The van der Waals surface area contributed by atoms with E-state index in [1.54, 1.807) is 0 Å². The van der Waals surface area contributed by atoms with Gasteiger partial charge in [-0.15, -0.1) is 0 Å². The predicted molar refractivity (Wildman–Crippen MR) is 130 cm³/mol. The molecular formula is C27H38N2. The summed E-state index contributed by atoms with van der Waals surface area (Å²) >= 11 is 0. The van der Waals surface area contributed by atoms with E-state index in [0.29, 0.717) is 17.8 Å². The Bertz CT molecular complexity index is 872. The zero-order chi connectivity index (χ0) is 21.7. The summed E-state index contributed by atoms with van der Waals surface area (Å²) in [4.78, 5) is 4.98. The highest BCUT2D eigenvalue weighted by Gasteiger charge is 2.14. The van der Waals surface area contributed by atoms with Crippen LogP contribution in [0.4, 0.5) is 11.4 Å². The maximum atomic E-state index is 4.98. The molecule has 0 radical (unpaired) electrons. The molecule has 0 aliphatic heterocycles. The molecule has 0 atom stereocenters. The lowest BCUT2D eigenvalue weighted by Gasteiger charge is -2.21. The first-order valence-corrected chi connectivity index (χ1v) is 10.8. The van der Waals surface area contributed by atoms with Crippen molar-refractivity contribution in [3.63, 3.8) is 0 Å². The smallest absolute Gasteiger partial charge is 0.0696 e. The van der Waals surface area contributed by atoms with Crippen LogP contribution in [0, 0.1) is 6.92 Å². The lowest BCUT2D eigenvalue weighted by molar-refractivity contribution is 0.837. The number of aliphatic imine (C=N–C) groups is 1. The molecular weight excluding hydrogens is 352 g/mol. The van der Waals surface area contributed by atoms with Gasteiger partial charge in [-0.25, -0.2) is 0 Å². The highest BCUT2D eigenvalue weighted by molar-refractivity contribution is 5.96. The molecule has 0 unspecified atom stereocenters. The number of nitrogens with one attached hydrogen (secondary N) is 1. The first-order chi connectivity index (χ1) is 13.6. The van der Waals surface area contributed by atoms with Crippen LogP contribution in [0.3, 0.4) is 0 Å². The van der Waals surface area contributed by atoms with Crippen LogP contribution in [0.2, 0.25) is 0 Å². The van der Waals surface area contributed by atoms with Crippen LogP contribution in [0.5, 0.6) is 0 Å².